The predicted octanol–water partition coefficient (Wildman–Crippen LogP) is 2.27. The molecule has 100 valence electrons. The van der Waals surface area contributed by atoms with Gasteiger partial charge < -0.3 is 15.5 Å². The van der Waals surface area contributed by atoms with Gasteiger partial charge in [-0.25, -0.2) is 4.98 Å². The van der Waals surface area contributed by atoms with E-state index in [1.807, 2.05) is 6.92 Å². The van der Waals surface area contributed by atoms with Crippen LogP contribution >= 0.6 is 15.9 Å². The van der Waals surface area contributed by atoms with Crippen LogP contribution in [0.15, 0.2) is 10.7 Å². The summed E-state index contributed by atoms with van der Waals surface area (Å²) in [5.41, 5.74) is 7.70. The van der Waals surface area contributed by atoms with Crippen molar-refractivity contribution in [1.82, 2.24) is 9.88 Å². The van der Waals surface area contributed by atoms with Crippen molar-refractivity contribution in [2.24, 2.45) is 0 Å². The van der Waals surface area contributed by atoms with Gasteiger partial charge in [0.15, 0.2) is 0 Å². The second-order valence-corrected chi connectivity index (χ2v) is 5.93. The molecule has 0 bridgehead atoms. The van der Waals surface area contributed by atoms with Gasteiger partial charge in [0.2, 0.25) is 0 Å². The molecular formula is C13H21BrN4. The standard InChI is InChI=1S/C13H21BrN4/c1-9-8-17(3)5-4-6-18(9)13-12(14)10(2)11(15)7-16-13/h7,9H,4-6,8,15H2,1-3H3. The minimum Gasteiger partial charge on any atom is -0.397 e. The van der Waals surface area contributed by atoms with Crippen LogP contribution in [0.1, 0.15) is 18.9 Å². The molecule has 2 heterocycles. The Labute approximate surface area is 117 Å². The highest BCUT2D eigenvalue weighted by Gasteiger charge is 2.23. The zero-order valence-corrected chi connectivity index (χ0v) is 12.9. The molecule has 4 nitrogen and oxygen atoms in total. The smallest absolute Gasteiger partial charge is 0.143 e. The van der Waals surface area contributed by atoms with Crippen LogP contribution < -0.4 is 10.6 Å². The van der Waals surface area contributed by atoms with E-state index in [1.165, 1.54) is 6.42 Å². The van der Waals surface area contributed by atoms with Crippen molar-refractivity contribution in [3.8, 4) is 0 Å². The summed E-state index contributed by atoms with van der Waals surface area (Å²) in [6, 6.07) is 0.462. The minimum absolute atomic E-state index is 0.462. The number of anilines is 2. The molecule has 1 aromatic rings. The first-order valence-electron chi connectivity index (χ1n) is 6.36. The van der Waals surface area contributed by atoms with Gasteiger partial charge in [-0.1, -0.05) is 0 Å². The van der Waals surface area contributed by atoms with E-state index in [4.69, 9.17) is 5.73 Å². The van der Waals surface area contributed by atoms with Gasteiger partial charge in [-0.2, -0.15) is 0 Å². The second-order valence-electron chi connectivity index (χ2n) is 5.13. The Morgan fingerprint density at radius 1 is 1.44 bits per heavy atom. The van der Waals surface area contributed by atoms with Gasteiger partial charge in [0, 0.05) is 19.1 Å². The Morgan fingerprint density at radius 2 is 2.17 bits per heavy atom. The van der Waals surface area contributed by atoms with Crippen LogP contribution in [0.5, 0.6) is 0 Å². The third-order valence-corrected chi connectivity index (χ3v) is 4.55. The van der Waals surface area contributed by atoms with Gasteiger partial charge in [-0.05, 0) is 55.4 Å². The normalized spacial score (nSPS) is 22.0. The number of halogens is 1. The zero-order chi connectivity index (χ0) is 13.3. The maximum Gasteiger partial charge on any atom is 0.143 e. The lowest BCUT2D eigenvalue weighted by Crippen LogP contribution is -2.38. The third kappa shape index (κ3) is 2.62. The fourth-order valence-electron chi connectivity index (χ4n) is 2.47. The van der Waals surface area contributed by atoms with E-state index in [0.29, 0.717) is 6.04 Å². The molecule has 1 saturated heterocycles. The molecule has 1 unspecified atom stereocenters. The number of hydrogen-bond donors (Lipinski definition) is 1. The molecule has 5 heteroatoms. The Hall–Kier alpha value is -0.810. The number of aromatic nitrogens is 1. The van der Waals surface area contributed by atoms with Crippen LogP contribution in [-0.2, 0) is 0 Å². The molecule has 1 atom stereocenters. The molecule has 1 aromatic heterocycles. The highest BCUT2D eigenvalue weighted by Crippen LogP contribution is 2.32. The molecule has 1 aliphatic rings. The molecule has 2 rings (SSSR count). The zero-order valence-electron chi connectivity index (χ0n) is 11.3. The van der Waals surface area contributed by atoms with Gasteiger partial charge >= 0.3 is 0 Å². The lowest BCUT2D eigenvalue weighted by molar-refractivity contribution is 0.337. The third-order valence-electron chi connectivity index (χ3n) is 3.60. The fourth-order valence-corrected chi connectivity index (χ4v) is 3.02. The van der Waals surface area contributed by atoms with E-state index in [9.17, 15) is 0 Å². The molecule has 1 aliphatic heterocycles. The summed E-state index contributed by atoms with van der Waals surface area (Å²) >= 11 is 3.64. The average molecular weight is 313 g/mol. The number of rotatable bonds is 1. The van der Waals surface area contributed by atoms with Gasteiger partial charge in [0.1, 0.15) is 5.82 Å². The van der Waals surface area contributed by atoms with Crippen LogP contribution in [0.4, 0.5) is 11.5 Å². The quantitative estimate of drug-likeness (QED) is 0.864. The highest BCUT2D eigenvalue weighted by atomic mass is 79.9. The molecule has 0 aliphatic carbocycles. The molecule has 0 saturated carbocycles. The van der Waals surface area contributed by atoms with Crippen LogP contribution in [0.3, 0.4) is 0 Å². The van der Waals surface area contributed by atoms with Crippen molar-refractivity contribution in [3.63, 3.8) is 0 Å². The minimum atomic E-state index is 0.462. The number of nitrogens with two attached hydrogens (primary N) is 1. The summed E-state index contributed by atoms with van der Waals surface area (Å²) in [5.74, 6) is 1.02. The summed E-state index contributed by atoms with van der Waals surface area (Å²) < 4.78 is 1.03. The SMILES string of the molecule is Cc1c(N)cnc(N2CCCN(C)CC2C)c1Br. The molecule has 2 N–H and O–H groups in total. The molecule has 0 radical (unpaired) electrons. The maximum atomic E-state index is 5.89. The van der Waals surface area contributed by atoms with Crippen LogP contribution in [0.2, 0.25) is 0 Å². The second kappa shape index (κ2) is 5.45. The van der Waals surface area contributed by atoms with Crippen molar-refractivity contribution in [2.75, 3.05) is 37.3 Å². The average Bonchev–Trinajstić information content (AvgIpc) is 2.48. The summed E-state index contributed by atoms with van der Waals surface area (Å²) in [4.78, 5) is 9.27. The van der Waals surface area contributed by atoms with Crippen LogP contribution in [-0.4, -0.2) is 42.6 Å². The number of pyridine rings is 1. The fraction of sp³-hybridized carbons (Fsp3) is 0.615. The van der Waals surface area contributed by atoms with Gasteiger partial charge in [-0.15, -0.1) is 0 Å². The lowest BCUT2D eigenvalue weighted by atomic mass is 10.2. The summed E-state index contributed by atoms with van der Waals surface area (Å²) in [6.07, 6.45) is 2.93. The molecule has 0 amide bonds. The molecule has 0 spiro atoms. The molecule has 18 heavy (non-hydrogen) atoms. The Morgan fingerprint density at radius 3 is 2.89 bits per heavy atom. The largest absolute Gasteiger partial charge is 0.397 e. The van der Waals surface area contributed by atoms with Crippen molar-refractivity contribution < 1.29 is 0 Å². The first kappa shape index (κ1) is 13.6. The predicted molar refractivity (Wildman–Crippen MR) is 80.0 cm³/mol. The summed E-state index contributed by atoms with van der Waals surface area (Å²) in [6.45, 7) is 7.53. The summed E-state index contributed by atoms with van der Waals surface area (Å²) in [7, 11) is 2.18. The number of hydrogen-bond acceptors (Lipinski definition) is 4. The number of nitrogens with zero attached hydrogens (tertiary/aromatic N) is 3. The van der Waals surface area contributed by atoms with E-state index in [1.54, 1.807) is 6.20 Å². The van der Waals surface area contributed by atoms with Crippen LogP contribution in [0.25, 0.3) is 0 Å². The van der Waals surface area contributed by atoms with E-state index in [2.05, 4.69) is 44.7 Å². The van der Waals surface area contributed by atoms with E-state index in [0.717, 1.165) is 41.2 Å². The maximum absolute atomic E-state index is 5.89. The highest BCUT2D eigenvalue weighted by molar-refractivity contribution is 9.10. The number of nitrogen functional groups attached to an aromatic ring is 1. The summed E-state index contributed by atoms with van der Waals surface area (Å²) in [5, 5.41) is 0. The Kier molecular flexibility index (Phi) is 4.12. The van der Waals surface area contributed by atoms with E-state index >= 15 is 0 Å². The molecule has 1 fully saturated rings. The number of likely N-dealkylation sites (N-methyl/N-ethyl adjacent to an activating group) is 1. The lowest BCUT2D eigenvalue weighted by Gasteiger charge is -2.30. The van der Waals surface area contributed by atoms with Gasteiger partial charge in [-0.3, -0.25) is 0 Å². The van der Waals surface area contributed by atoms with Gasteiger partial charge in [0.05, 0.1) is 16.4 Å². The van der Waals surface area contributed by atoms with Crippen molar-refractivity contribution >= 4 is 27.4 Å². The van der Waals surface area contributed by atoms with Crippen molar-refractivity contribution in [2.45, 2.75) is 26.3 Å². The van der Waals surface area contributed by atoms with Crippen LogP contribution in [0, 0.1) is 6.92 Å². The Balaban J connectivity index is 2.33. The first-order valence-corrected chi connectivity index (χ1v) is 7.15. The van der Waals surface area contributed by atoms with Crippen molar-refractivity contribution in [3.05, 3.63) is 16.2 Å². The van der Waals surface area contributed by atoms with E-state index in [-0.39, 0.29) is 0 Å². The monoisotopic (exact) mass is 312 g/mol. The molecular weight excluding hydrogens is 292 g/mol. The Bertz CT molecular complexity index is 435. The first-order chi connectivity index (χ1) is 8.50. The molecule has 0 aromatic carbocycles. The van der Waals surface area contributed by atoms with E-state index < -0.39 is 0 Å². The van der Waals surface area contributed by atoms with Crippen molar-refractivity contribution in [1.29, 1.82) is 0 Å². The van der Waals surface area contributed by atoms with Gasteiger partial charge in [0.25, 0.3) is 0 Å². The topological polar surface area (TPSA) is 45.4 Å².